The van der Waals surface area contributed by atoms with Crippen molar-refractivity contribution in [1.29, 1.82) is 0 Å². The van der Waals surface area contributed by atoms with E-state index in [1.165, 1.54) is 0 Å². The molecule has 1 aromatic carbocycles. The fourth-order valence-corrected chi connectivity index (χ4v) is 2.60. The number of ether oxygens (including phenoxy) is 1. The number of hydrogen-bond donors (Lipinski definition) is 0. The number of carbonyl (C=O) groups excluding carboxylic acids is 1. The van der Waals surface area contributed by atoms with Gasteiger partial charge in [-0.1, -0.05) is 17.3 Å². The Labute approximate surface area is 123 Å². The predicted molar refractivity (Wildman–Crippen MR) is 77.1 cm³/mol. The van der Waals surface area contributed by atoms with Crippen LogP contribution in [0.2, 0.25) is 0 Å². The van der Waals surface area contributed by atoms with E-state index in [2.05, 4.69) is 10.1 Å². The van der Waals surface area contributed by atoms with Crippen molar-refractivity contribution < 1.29 is 14.1 Å². The van der Waals surface area contributed by atoms with E-state index in [1.807, 2.05) is 31.2 Å². The monoisotopic (exact) mass is 286 g/mol. The van der Waals surface area contributed by atoms with Crippen LogP contribution in [-0.4, -0.2) is 22.5 Å². The van der Waals surface area contributed by atoms with Gasteiger partial charge in [0.25, 0.3) is 0 Å². The quantitative estimate of drug-likeness (QED) is 0.862. The molecule has 21 heavy (non-hydrogen) atoms. The van der Waals surface area contributed by atoms with Crippen LogP contribution >= 0.6 is 0 Å². The van der Waals surface area contributed by atoms with Crippen LogP contribution in [0.1, 0.15) is 44.4 Å². The van der Waals surface area contributed by atoms with E-state index in [9.17, 15) is 4.79 Å². The lowest BCUT2D eigenvalue weighted by Gasteiger charge is -2.16. The molecule has 0 saturated heterocycles. The molecular formula is C16H18N2O3. The average Bonchev–Trinajstić information content (AvgIpc) is 2.98. The summed E-state index contributed by atoms with van der Waals surface area (Å²) >= 11 is 0. The average molecular weight is 286 g/mol. The van der Waals surface area contributed by atoms with Crippen molar-refractivity contribution in [2.75, 3.05) is 6.61 Å². The Hall–Kier alpha value is -2.17. The molecular weight excluding hydrogens is 268 g/mol. The van der Waals surface area contributed by atoms with Crippen LogP contribution in [-0.2, 0) is 4.79 Å². The Morgan fingerprint density at radius 3 is 2.90 bits per heavy atom. The van der Waals surface area contributed by atoms with Crippen molar-refractivity contribution >= 4 is 5.78 Å². The Bertz CT molecular complexity index is 626. The molecule has 5 nitrogen and oxygen atoms in total. The molecule has 3 rings (SSSR count). The van der Waals surface area contributed by atoms with Gasteiger partial charge in [0.05, 0.1) is 6.61 Å². The lowest BCUT2D eigenvalue weighted by molar-refractivity contribution is -0.120. The normalized spacial score (nSPS) is 16.1. The second-order valence-corrected chi connectivity index (χ2v) is 5.23. The summed E-state index contributed by atoms with van der Waals surface area (Å²) in [6.45, 7) is 2.57. The number of ketones is 1. The van der Waals surface area contributed by atoms with Gasteiger partial charge in [0, 0.05) is 24.3 Å². The number of carbonyl (C=O) groups is 1. The maximum absolute atomic E-state index is 11.3. The van der Waals surface area contributed by atoms with E-state index in [-0.39, 0.29) is 5.92 Å². The zero-order chi connectivity index (χ0) is 14.7. The van der Waals surface area contributed by atoms with Crippen LogP contribution < -0.4 is 4.74 Å². The molecule has 1 aliphatic rings. The minimum Gasteiger partial charge on any atom is -0.494 e. The summed E-state index contributed by atoms with van der Waals surface area (Å²) in [4.78, 5) is 15.8. The standard InChI is InChI=1S/C16H18N2O3/c1-2-20-14-5-3-4-12(10-14)15-17-16(21-18-15)11-6-8-13(19)9-7-11/h3-5,10-11H,2,6-9H2,1H3. The molecule has 2 aromatic rings. The lowest BCUT2D eigenvalue weighted by Crippen LogP contribution is -2.12. The molecule has 1 saturated carbocycles. The van der Waals surface area contributed by atoms with Gasteiger partial charge in [-0.05, 0) is 31.9 Å². The van der Waals surface area contributed by atoms with Gasteiger partial charge in [0.1, 0.15) is 11.5 Å². The molecule has 0 bridgehead atoms. The van der Waals surface area contributed by atoms with Crippen molar-refractivity contribution in [2.45, 2.75) is 38.5 Å². The highest BCUT2D eigenvalue weighted by molar-refractivity contribution is 5.79. The van der Waals surface area contributed by atoms with E-state index >= 15 is 0 Å². The number of aromatic nitrogens is 2. The molecule has 0 amide bonds. The van der Waals surface area contributed by atoms with E-state index in [0.717, 1.165) is 24.2 Å². The maximum Gasteiger partial charge on any atom is 0.230 e. The zero-order valence-corrected chi connectivity index (χ0v) is 12.0. The Balaban J connectivity index is 1.78. The van der Waals surface area contributed by atoms with Crippen molar-refractivity contribution in [3.63, 3.8) is 0 Å². The van der Waals surface area contributed by atoms with Gasteiger partial charge in [0.15, 0.2) is 0 Å². The first-order valence-electron chi connectivity index (χ1n) is 7.35. The lowest BCUT2D eigenvalue weighted by atomic mass is 9.88. The summed E-state index contributed by atoms with van der Waals surface area (Å²) in [5, 5.41) is 4.06. The van der Waals surface area contributed by atoms with Crippen molar-refractivity contribution in [2.24, 2.45) is 0 Å². The molecule has 1 heterocycles. The summed E-state index contributed by atoms with van der Waals surface area (Å²) in [5.74, 6) is 2.54. The zero-order valence-electron chi connectivity index (χ0n) is 12.0. The van der Waals surface area contributed by atoms with Gasteiger partial charge in [0.2, 0.25) is 11.7 Å². The molecule has 110 valence electrons. The Kier molecular flexibility index (Phi) is 3.99. The first-order valence-corrected chi connectivity index (χ1v) is 7.35. The maximum atomic E-state index is 11.3. The molecule has 0 radical (unpaired) electrons. The third kappa shape index (κ3) is 3.12. The van der Waals surface area contributed by atoms with E-state index in [0.29, 0.717) is 36.9 Å². The van der Waals surface area contributed by atoms with Crippen LogP contribution in [0, 0.1) is 0 Å². The summed E-state index contributed by atoms with van der Waals surface area (Å²) in [6, 6.07) is 7.65. The van der Waals surface area contributed by atoms with E-state index < -0.39 is 0 Å². The van der Waals surface area contributed by atoms with Crippen LogP contribution in [0.15, 0.2) is 28.8 Å². The van der Waals surface area contributed by atoms with Gasteiger partial charge < -0.3 is 9.26 Å². The van der Waals surface area contributed by atoms with Crippen LogP contribution in [0.4, 0.5) is 0 Å². The second kappa shape index (κ2) is 6.08. The summed E-state index contributed by atoms with van der Waals surface area (Å²) in [6.07, 6.45) is 2.84. The highest BCUT2D eigenvalue weighted by Gasteiger charge is 2.25. The SMILES string of the molecule is CCOc1cccc(-c2noc(C3CCC(=O)CC3)n2)c1. The third-order valence-corrected chi connectivity index (χ3v) is 3.74. The van der Waals surface area contributed by atoms with Crippen molar-refractivity contribution in [3.8, 4) is 17.1 Å². The number of benzene rings is 1. The highest BCUT2D eigenvalue weighted by atomic mass is 16.5. The van der Waals surface area contributed by atoms with Gasteiger partial charge in [-0.15, -0.1) is 0 Å². The molecule has 1 aliphatic carbocycles. The topological polar surface area (TPSA) is 65.2 Å². The molecule has 0 atom stereocenters. The fourth-order valence-electron chi connectivity index (χ4n) is 2.60. The second-order valence-electron chi connectivity index (χ2n) is 5.23. The molecule has 0 spiro atoms. The molecule has 5 heteroatoms. The van der Waals surface area contributed by atoms with Crippen LogP contribution in [0.5, 0.6) is 5.75 Å². The molecule has 0 N–H and O–H groups in total. The number of hydrogen-bond acceptors (Lipinski definition) is 5. The smallest absolute Gasteiger partial charge is 0.230 e. The highest BCUT2D eigenvalue weighted by Crippen LogP contribution is 2.31. The van der Waals surface area contributed by atoms with E-state index in [1.54, 1.807) is 0 Å². The third-order valence-electron chi connectivity index (χ3n) is 3.74. The van der Waals surface area contributed by atoms with Crippen molar-refractivity contribution in [1.82, 2.24) is 10.1 Å². The molecule has 1 fully saturated rings. The van der Waals surface area contributed by atoms with Crippen LogP contribution in [0.3, 0.4) is 0 Å². The largest absolute Gasteiger partial charge is 0.494 e. The summed E-state index contributed by atoms with van der Waals surface area (Å²) < 4.78 is 10.9. The van der Waals surface area contributed by atoms with Gasteiger partial charge in [-0.25, -0.2) is 0 Å². The van der Waals surface area contributed by atoms with Crippen molar-refractivity contribution in [3.05, 3.63) is 30.2 Å². The minimum absolute atomic E-state index is 0.207. The number of rotatable bonds is 4. The fraction of sp³-hybridized carbons (Fsp3) is 0.438. The molecule has 1 aromatic heterocycles. The van der Waals surface area contributed by atoms with Gasteiger partial charge in [-0.3, -0.25) is 4.79 Å². The summed E-state index contributed by atoms with van der Waals surface area (Å²) in [5.41, 5.74) is 0.878. The van der Waals surface area contributed by atoms with E-state index in [4.69, 9.17) is 9.26 Å². The molecule has 0 unspecified atom stereocenters. The van der Waals surface area contributed by atoms with Crippen LogP contribution in [0.25, 0.3) is 11.4 Å². The number of nitrogens with zero attached hydrogens (tertiary/aromatic N) is 2. The predicted octanol–water partition coefficient (Wildman–Crippen LogP) is 3.36. The minimum atomic E-state index is 0.207. The number of Topliss-reactive ketones (excluding diaryl/α,β-unsaturated/α-hetero) is 1. The first kappa shape index (κ1) is 13.8. The van der Waals surface area contributed by atoms with Gasteiger partial charge in [-0.2, -0.15) is 4.98 Å². The Morgan fingerprint density at radius 1 is 1.33 bits per heavy atom. The summed E-state index contributed by atoms with van der Waals surface area (Å²) in [7, 11) is 0. The van der Waals surface area contributed by atoms with Gasteiger partial charge >= 0.3 is 0 Å². The first-order chi connectivity index (χ1) is 10.3. The molecule has 0 aliphatic heterocycles. The Morgan fingerprint density at radius 2 is 2.14 bits per heavy atom.